The van der Waals surface area contributed by atoms with Crippen LogP contribution in [0.2, 0.25) is 0 Å². The molecule has 0 unspecified atom stereocenters. The Bertz CT molecular complexity index is 496. The molecule has 1 rings (SSSR count). The van der Waals surface area contributed by atoms with Crippen molar-refractivity contribution in [2.75, 3.05) is 11.9 Å². The molecule has 0 radical (unpaired) electrons. The molecule has 1 aromatic rings. The molecular formula is C14H16N2O2. The minimum Gasteiger partial charge on any atom is -0.462 e. The van der Waals surface area contributed by atoms with Gasteiger partial charge in [-0.15, -0.1) is 0 Å². The first-order chi connectivity index (χ1) is 8.58. The molecule has 0 aromatic heterocycles. The molecule has 4 heteroatoms. The zero-order valence-electron chi connectivity index (χ0n) is 10.8. The molecule has 0 atom stereocenters. The molecule has 18 heavy (non-hydrogen) atoms. The fourth-order valence-electron chi connectivity index (χ4n) is 1.40. The fraction of sp³-hybridized carbons (Fsp3) is 0.286. The topological polar surface area (TPSA) is 62.1 Å². The van der Waals surface area contributed by atoms with Gasteiger partial charge in [0.05, 0.1) is 6.61 Å². The number of nitriles is 1. The summed E-state index contributed by atoms with van der Waals surface area (Å²) < 4.78 is 4.81. The molecule has 0 aliphatic rings. The third-order valence-corrected chi connectivity index (χ3v) is 2.35. The van der Waals surface area contributed by atoms with Crippen molar-refractivity contribution in [3.05, 3.63) is 41.1 Å². The normalized spacial score (nSPS) is 11.2. The van der Waals surface area contributed by atoms with Crippen molar-refractivity contribution < 1.29 is 9.53 Å². The lowest BCUT2D eigenvalue weighted by Crippen LogP contribution is -2.11. The molecule has 0 saturated carbocycles. The van der Waals surface area contributed by atoms with Crippen LogP contribution in [0.5, 0.6) is 0 Å². The minimum absolute atomic E-state index is 0.00238. The highest BCUT2D eigenvalue weighted by molar-refractivity contribution is 5.94. The van der Waals surface area contributed by atoms with E-state index < -0.39 is 5.97 Å². The van der Waals surface area contributed by atoms with E-state index in [-0.39, 0.29) is 12.2 Å². The van der Waals surface area contributed by atoms with E-state index >= 15 is 0 Å². The Labute approximate surface area is 107 Å². The summed E-state index contributed by atoms with van der Waals surface area (Å²) in [5, 5.41) is 12.0. The Morgan fingerprint density at radius 1 is 1.39 bits per heavy atom. The molecule has 0 bridgehead atoms. The Kier molecular flexibility index (Phi) is 4.94. The number of esters is 1. The van der Waals surface area contributed by atoms with Crippen LogP contribution in [0.4, 0.5) is 5.69 Å². The van der Waals surface area contributed by atoms with Crippen molar-refractivity contribution in [3.63, 3.8) is 0 Å². The summed E-state index contributed by atoms with van der Waals surface area (Å²) in [6.45, 7) is 5.62. The first-order valence-electron chi connectivity index (χ1n) is 5.70. The summed E-state index contributed by atoms with van der Waals surface area (Å²) in [5.41, 5.74) is 2.46. The Hall–Kier alpha value is -2.28. The van der Waals surface area contributed by atoms with Crippen LogP contribution in [0.15, 0.2) is 35.5 Å². The number of nitrogens with zero attached hydrogens (tertiary/aromatic N) is 1. The standard InChI is InChI=1S/C14H16N2O2/c1-4-18-14(17)13(9-15)11(3)16-12-7-5-10(2)6-8-12/h5-8,16H,4H2,1-3H3. The molecule has 1 aromatic carbocycles. The fourth-order valence-corrected chi connectivity index (χ4v) is 1.40. The van der Waals surface area contributed by atoms with Crippen LogP contribution in [-0.4, -0.2) is 12.6 Å². The number of ether oxygens (including phenoxy) is 1. The zero-order valence-corrected chi connectivity index (χ0v) is 10.8. The van der Waals surface area contributed by atoms with Gasteiger partial charge in [0, 0.05) is 11.4 Å². The highest BCUT2D eigenvalue weighted by Crippen LogP contribution is 2.14. The number of anilines is 1. The second-order valence-electron chi connectivity index (χ2n) is 3.82. The second kappa shape index (κ2) is 6.45. The predicted molar refractivity (Wildman–Crippen MR) is 69.7 cm³/mol. The van der Waals surface area contributed by atoms with Gasteiger partial charge in [0.1, 0.15) is 6.07 Å². The van der Waals surface area contributed by atoms with E-state index in [2.05, 4.69) is 5.32 Å². The average molecular weight is 244 g/mol. The summed E-state index contributed by atoms with van der Waals surface area (Å²) in [7, 11) is 0. The van der Waals surface area contributed by atoms with Gasteiger partial charge in [0.25, 0.3) is 0 Å². The van der Waals surface area contributed by atoms with Gasteiger partial charge in [-0.1, -0.05) is 17.7 Å². The maximum atomic E-state index is 11.5. The maximum Gasteiger partial charge on any atom is 0.350 e. The predicted octanol–water partition coefficient (Wildman–Crippen LogP) is 2.77. The first-order valence-corrected chi connectivity index (χ1v) is 5.70. The van der Waals surface area contributed by atoms with Gasteiger partial charge in [0.15, 0.2) is 5.57 Å². The average Bonchev–Trinajstić information content (AvgIpc) is 2.33. The van der Waals surface area contributed by atoms with E-state index in [4.69, 9.17) is 10.00 Å². The van der Waals surface area contributed by atoms with Gasteiger partial charge in [0.2, 0.25) is 0 Å². The van der Waals surface area contributed by atoms with Crippen molar-refractivity contribution in [1.29, 1.82) is 5.26 Å². The van der Waals surface area contributed by atoms with Crippen LogP contribution in [0, 0.1) is 18.3 Å². The monoisotopic (exact) mass is 244 g/mol. The van der Waals surface area contributed by atoms with Gasteiger partial charge in [-0.3, -0.25) is 0 Å². The lowest BCUT2D eigenvalue weighted by molar-refractivity contribution is -0.138. The summed E-state index contributed by atoms with van der Waals surface area (Å²) in [6.07, 6.45) is 0. The Morgan fingerprint density at radius 2 is 2.00 bits per heavy atom. The molecule has 0 amide bonds. The minimum atomic E-state index is -0.600. The Morgan fingerprint density at radius 3 is 2.50 bits per heavy atom. The highest BCUT2D eigenvalue weighted by atomic mass is 16.5. The van der Waals surface area contributed by atoms with E-state index in [1.165, 1.54) is 0 Å². The third kappa shape index (κ3) is 3.63. The molecular weight excluding hydrogens is 228 g/mol. The number of rotatable bonds is 4. The SMILES string of the molecule is CCOC(=O)C(C#N)=C(C)Nc1ccc(C)cc1. The summed E-state index contributed by atoms with van der Waals surface area (Å²) >= 11 is 0. The van der Waals surface area contributed by atoms with E-state index in [0.717, 1.165) is 11.3 Å². The van der Waals surface area contributed by atoms with E-state index in [0.29, 0.717) is 5.70 Å². The summed E-state index contributed by atoms with van der Waals surface area (Å²) in [5.74, 6) is -0.600. The quantitative estimate of drug-likeness (QED) is 0.502. The molecule has 1 N–H and O–H groups in total. The van der Waals surface area contributed by atoms with Crippen LogP contribution in [0.25, 0.3) is 0 Å². The van der Waals surface area contributed by atoms with Gasteiger partial charge in [-0.2, -0.15) is 5.26 Å². The van der Waals surface area contributed by atoms with Gasteiger partial charge < -0.3 is 10.1 Å². The number of allylic oxidation sites excluding steroid dienone is 1. The molecule has 4 nitrogen and oxygen atoms in total. The smallest absolute Gasteiger partial charge is 0.350 e. The first kappa shape index (κ1) is 13.8. The third-order valence-electron chi connectivity index (χ3n) is 2.35. The van der Waals surface area contributed by atoms with E-state index in [1.54, 1.807) is 13.8 Å². The number of aryl methyl sites for hydroxylation is 1. The molecule has 0 fully saturated rings. The lowest BCUT2D eigenvalue weighted by atomic mass is 10.2. The summed E-state index contributed by atoms with van der Waals surface area (Å²) in [6, 6.07) is 9.54. The lowest BCUT2D eigenvalue weighted by Gasteiger charge is -2.09. The highest BCUT2D eigenvalue weighted by Gasteiger charge is 2.13. The van der Waals surface area contributed by atoms with Crippen molar-refractivity contribution in [2.45, 2.75) is 20.8 Å². The Balaban J connectivity index is 2.90. The van der Waals surface area contributed by atoms with E-state index in [1.807, 2.05) is 37.3 Å². The number of benzene rings is 1. The molecule has 0 aliphatic heterocycles. The zero-order chi connectivity index (χ0) is 13.5. The number of carbonyl (C=O) groups excluding carboxylic acids is 1. The molecule has 0 saturated heterocycles. The maximum absolute atomic E-state index is 11.5. The number of hydrogen-bond acceptors (Lipinski definition) is 4. The van der Waals surface area contributed by atoms with Crippen LogP contribution >= 0.6 is 0 Å². The number of carbonyl (C=O) groups is 1. The molecule has 0 heterocycles. The van der Waals surface area contributed by atoms with Crippen LogP contribution < -0.4 is 5.32 Å². The molecule has 0 aliphatic carbocycles. The van der Waals surface area contributed by atoms with Crippen molar-refractivity contribution in [3.8, 4) is 6.07 Å². The van der Waals surface area contributed by atoms with Crippen LogP contribution in [-0.2, 0) is 9.53 Å². The van der Waals surface area contributed by atoms with Crippen LogP contribution in [0.3, 0.4) is 0 Å². The second-order valence-corrected chi connectivity index (χ2v) is 3.82. The summed E-state index contributed by atoms with van der Waals surface area (Å²) in [4.78, 5) is 11.5. The number of hydrogen-bond donors (Lipinski definition) is 1. The van der Waals surface area contributed by atoms with E-state index in [9.17, 15) is 4.79 Å². The number of nitrogens with one attached hydrogen (secondary N) is 1. The van der Waals surface area contributed by atoms with Crippen molar-refractivity contribution in [1.82, 2.24) is 0 Å². The largest absolute Gasteiger partial charge is 0.462 e. The van der Waals surface area contributed by atoms with Crippen molar-refractivity contribution >= 4 is 11.7 Å². The van der Waals surface area contributed by atoms with Gasteiger partial charge in [-0.05, 0) is 32.9 Å². The van der Waals surface area contributed by atoms with Crippen LogP contribution in [0.1, 0.15) is 19.4 Å². The molecule has 0 spiro atoms. The van der Waals surface area contributed by atoms with Gasteiger partial charge in [-0.25, -0.2) is 4.79 Å². The van der Waals surface area contributed by atoms with Gasteiger partial charge >= 0.3 is 5.97 Å². The van der Waals surface area contributed by atoms with Crippen molar-refractivity contribution in [2.24, 2.45) is 0 Å². The molecule has 94 valence electrons.